The lowest BCUT2D eigenvalue weighted by Crippen LogP contribution is -2.14. The maximum Gasteiger partial charge on any atom is 0.265 e. The fraction of sp³-hybridized carbons (Fsp3) is 0.133. The molecule has 22 heavy (non-hydrogen) atoms. The zero-order chi connectivity index (χ0) is 16.1. The number of aliphatic hydroxyl groups excluding tert-OH is 1. The number of nitrogens with two attached hydrogens (primary N) is 1. The number of anilines is 1. The Morgan fingerprint density at radius 1 is 1.41 bits per heavy atom. The Balaban J connectivity index is 2.60. The van der Waals surface area contributed by atoms with Crippen LogP contribution in [-0.2, 0) is 0 Å². The summed E-state index contributed by atoms with van der Waals surface area (Å²) in [6, 6.07) is 8.29. The minimum Gasteiger partial charge on any atom is -0.491 e. The van der Waals surface area contributed by atoms with Crippen LogP contribution in [0.4, 0.5) is 11.5 Å². The van der Waals surface area contributed by atoms with Crippen LogP contribution in [0.3, 0.4) is 0 Å². The number of H-pyrrole nitrogens is 1. The number of hydrogen-bond donors (Lipinski definition) is 3. The van der Waals surface area contributed by atoms with Gasteiger partial charge in [-0.15, -0.1) is 0 Å². The minimum absolute atomic E-state index is 0.0279. The number of nitriles is 1. The Morgan fingerprint density at radius 2 is 2.09 bits per heavy atom. The first-order valence-corrected chi connectivity index (χ1v) is 6.29. The minimum atomic E-state index is -0.636. The van der Waals surface area contributed by atoms with Gasteiger partial charge in [0.05, 0.1) is 13.2 Å². The highest BCUT2D eigenvalue weighted by molar-refractivity contribution is 5.88. The number of pyridine rings is 1. The van der Waals surface area contributed by atoms with Crippen molar-refractivity contribution < 1.29 is 9.84 Å². The quantitative estimate of drug-likeness (QED) is 0.738. The molecule has 0 atom stereocenters. The summed E-state index contributed by atoms with van der Waals surface area (Å²) >= 11 is 0. The Morgan fingerprint density at radius 3 is 2.64 bits per heavy atom. The smallest absolute Gasteiger partial charge is 0.265 e. The van der Waals surface area contributed by atoms with Gasteiger partial charge in [0.2, 0.25) is 5.69 Å². The summed E-state index contributed by atoms with van der Waals surface area (Å²) in [5.41, 5.74) is 5.60. The number of ether oxygens (including phenoxy) is 1. The molecule has 0 unspecified atom stereocenters. The van der Waals surface area contributed by atoms with E-state index in [-0.39, 0.29) is 35.8 Å². The number of aromatic amines is 1. The lowest BCUT2D eigenvalue weighted by Gasteiger charge is -2.10. The van der Waals surface area contributed by atoms with E-state index in [1.54, 1.807) is 30.3 Å². The number of nitrogens with zero attached hydrogens (tertiary/aromatic N) is 2. The standard InChI is InChI=1S/C15H12N4O3/c1-18-13-12(11(8-16)15(21)19-14(13)17)9-2-4-10(5-3-9)22-7-6-20/h2-5,20H,6-7H2,(H3,17,19,21). The third-order valence-corrected chi connectivity index (χ3v) is 2.94. The number of aromatic nitrogens is 1. The molecule has 2 rings (SSSR count). The number of hydrogen-bond acceptors (Lipinski definition) is 5. The van der Waals surface area contributed by atoms with Crippen LogP contribution in [0.15, 0.2) is 29.1 Å². The van der Waals surface area contributed by atoms with Crippen molar-refractivity contribution >= 4 is 11.5 Å². The van der Waals surface area contributed by atoms with Gasteiger partial charge in [-0.05, 0) is 17.7 Å². The third kappa shape index (κ3) is 2.75. The van der Waals surface area contributed by atoms with E-state index in [0.717, 1.165) is 0 Å². The first kappa shape index (κ1) is 15.1. The molecule has 110 valence electrons. The molecule has 0 saturated heterocycles. The van der Waals surface area contributed by atoms with Crippen LogP contribution in [0.25, 0.3) is 16.0 Å². The fourth-order valence-electron chi connectivity index (χ4n) is 2.00. The normalized spacial score (nSPS) is 9.77. The number of nitrogen functional groups attached to an aromatic ring is 1. The monoisotopic (exact) mass is 296 g/mol. The highest BCUT2D eigenvalue weighted by Crippen LogP contribution is 2.35. The highest BCUT2D eigenvalue weighted by Gasteiger charge is 2.18. The van der Waals surface area contributed by atoms with E-state index >= 15 is 0 Å². The second kappa shape index (κ2) is 6.44. The predicted octanol–water partition coefficient (Wildman–Crippen LogP) is 1.42. The van der Waals surface area contributed by atoms with Crippen molar-refractivity contribution in [1.29, 1.82) is 5.26 Å². The Labute approximate surface area is 126 Å². The first-order chi connectivity index (χ1) is 10.6. The summed E-state index contributed by atoms with van der Waals surface area (Å²) in [7, 11) is 0. The predicted molar refractivity (Wildman–Crippen MR) is 80.5 cm³/mol. The van der Waals surface area contributed by atoms with Crippen LogP contribution in [0, 0.1) is 17.9 Å². The van der Waals surface area contributed by atoms with Crippen LogP contribution in [-0.4, -0.2) is 23.3 Å². The van der Waals surface area contributed by atoms with Crippen molar-refractivity contribution in [3.8, 4) is 22.9 Å². The Bertz CT molecular complexity index is 826. The van der Waals surface area contributed by atoms with Crippen molar-refractivity contribution in [3.63, 3.8) is 0 Å². The number of aliphatic hydroxyl groups is 1. The van der Waals surface area contributed by atoms with Gasteiger partial charge in [-0.25, -0.2) is 4.85 Å². The van der Waals surface area contributed by atoms with E-state index in [2.05, 4.69) is 9.83 Å². The molecule has 0 spiro atoms. The molecule has 0 aliphatic heterocycles. The van der Waals surface area contributed by atoms with Gasteiger partial charge >= 0.3 is 0 Å². The average molecular weight is 296 g/mol. The van der Waals surface area contributed by atoms with Gasteiger partial charge < -0.3 is 20.6 Å². The van der Waals surface area contributed by atoms with E-state index in [9.17, 15) is 10.1 Å². The molecule has 0 amide bonds. The lowest BCUT2D eigenvalue weighted by atomic mass is 10.00. The van der Waals surface area contributed by atoms with Gasteiger partial charge in [0.25, 0.3) is 5.56 Å². The second-order valence-corrected chi connectivity index (χ2v) is 4.29. The van der Waals surface area contributed by atoms with Gasteiger partial charge in [0.1, 0.15) is 29.8 Å². The van der Waals surface area contributed by atoms with Crippen LogP contribution in [0.2, 0.25) is 0 Å². The molecule has 0 radical (unpaired) electrons. The van der Waals surface area contributed by atoms with Crippen molar-refractivity contribution in [2.45, 2.75) is 0 Å². The van der Waals surface area contributed by atoms with Crippen LogP contribution < -0.4 is 16.0 Å². The van der Waals surface area contributed by atoms with Crippen molar-refractivity contribution in [2.24, 2.45) is 0 Å². The molecule has 7 heteroatoms. The van der Waals surface area contributed by atoms with E-state index in [0.29, 0.717) is 11.3 Å². The molecule has 1 heterocycles. The summed E-state index contributed by atoms with van der Waals surface area (Å²) < 4.78 is 5.24. The Hall–Kier alpha value is -3.29. The molecule has 7 nitrogen and oxygen atoms in total. The van der Waals surface area contributed by atoms with Crippen LogP contribution in [0.5, 0.6) is 5.75 Å². The van der Waals surface area contributed by atoms with Gasteiger partial charge in [0.15, 0.2) is 0 Å². The molecule has 1 aromatic carbocycles. The summed E-state index contributed by atoms with van der Waals surface area (Å²) in [4.78, 5) is 17.4. The van der Waals surface area contributed by atoms with Crippen molar-refractivity contribution in [1.82, 2.24) is 4.98 Å². The highest BCUT2D eigenvalue weighted by atomic mass is 16.5. The summed E-state index contributed by atoms with van der Waals surface area (Å²) in [5, 5.41) is 17.9. The van der Waals surface area contributed by atoms with E-state index in [1.165, 1.54) is 0 Å². The molecule has 0 aliphatic carbocycles. The molecular weight excluding hydrogens is 284 g/mol. The molecule has 0 saturated carbocycles. The zero-order valence-corrected chi connectivity index (χ0v) is 11.5. The van der Waals surface area contributed by atoms with Gasteiger partial charge in [0, 0.05) is 5.56 Å². The lowest BCUT2D eigenvalue weighted by molar-refractivity contribution is 0.201. The second-order valence-electron chi connectivity index (χ2n) is 4.29. The molecule has 2 aromatic rings. The molecule has 1 aromatic heterocycles. The van der Waals surface area contributed by atoms with Gasteiger partial charge in [-0.2, -0.15) is 5.26 Å². The van der Waals surface area contributed by atoms with Crippen LogP contribution in [0.1, 0.15) is 5.56 Å². The maximum atomic E-state index is 11.8. The molecular formula is C15H12N4O3. The molecule has 0 bridgehead atoms. The Kier molecular flexibility index (Phi) is 4.42. The largest absolute Gasteiger partial charge is 0.491 e. The van der Waals surface area contributed by atoms with E-state index in [1.807, 2.05) is 0 Å². The van der Waals surface area contributed by atoms with Crippen molar-refractivity contribution in [2.75, 3.05) is 18.9 Å². The number of nitrogens with one attached hydrogen (secondary N) is 1. The number of rotatable bonds is 4. The average Bonchev–Trinajstić information content (AvgIpc) is 2.53. The fourth-order valence-corrected chi connectivity index (χ4v) is 2.00. The molecule has 0 fully saturated rings. The first-order valence-electron chi connectivity index (χ1n) is 6.29. The molecule has 4 N–H and O–H groups in total. The zero-order valence-electron chi connectivity index (χ0n) is 11.5. The SMILES string of the molecule is [C-]#[N+]c1c(N)[nH]c(=O)c(C#N)c1-c1ccc(OCCO)cc1. The van der Waals surface area contributed by atoms with Gasteiger partial charge in [-0.3, -0.25) is 4.79 Å². The maximum absolute atomic E-state index is 11.8. The topological polar surface area (TPSA) is 116 Å². The van der Waals surface area contributed by atoms with E-state index in [4.69, 9.17) is 22.1 Å². The number of benzene rings is 1. The van der Waals surface area contributed by atoms with Crippen LogP contribution >= 0.6 is 0 Å². The summed E-state index contributed by atoms with van der Waals surface area (Å²) in [6.45, 7) is 7.27. The van der Waals surface area contributed by atoms with Crippen molar-refractivity contribution in [3.05, 3.63) is 51.6 Å². The summed E-state index contributed by atoms with van der Waals surface area (Å²) in [6.07, 6.45) is 0. The van der Waals surface area contributed by atoms with E-state index < -0.39 is 5.56 Å². The van der Waals surface area contributed by atoms with Gasteiger partial charge in [-0.1, -0.05) is 12.1 Å². The summed E-state index contributed by atoms with van der Waals surface area (Å²) in [5.74, 6) is 0.452. The third-order valence-electron chi connectivity index (χ3n) is 2.94. The molecule has 0 aliphatic rings.